The minimum atomic E-state index is -0.356. The van der Waals surface area contributed by atoms with E-state index in [1.165, 1.54) is 0 Å². The summed E-state index contributed by atoms with van der Waals surface area (Å²) in [7, 11) is 3.71. The Morgan fingerprint density at radius 1 is 1.23 bits per heavy atom. The molecular formula is C18H17ClN2O4S. The number of furan rings is 1. The molecule has 0 aliphatic carbocycles. The summed E-state index contributed by atoms with van der Waals surface area (Å²) in [5, 5.41) is 0.152. The van der Waals surface area contributed by atoms with E-state index in [0.29, 0.717) is 27.3 Å². The topological polar surface area (TPSA) is 63.0 Å². The molecule has 2 aromatic rings. The molecule has 0 spiro atoms. The van der Waals surface area contributed by atoms with Gasteiger partial charge in [-0.1, -0.05) is 23.7 Å². The van der Waals surface area contributed by atoms with Gasteiger partial charge in [0.15, 0.2) is 5.88 Å². The number of amides is 2. The number of thioether (sulfide) groups is 1. The summed E-state index contributed by atoms with van der Waals surface area (Å²) in [6, 6.07) is 10.6. The molecule has 8 heteroatoms. The van der Waals surface area contributed by atoms with Crippen molar-refractivity contribution in [1.82, 2.24) is 4.90 Å². The highest BCUT2D eigenvalue weighted by Gasteiger charge is 2.35. The fraction of sp³-hybridized carbons (Fsp3) is 0.222. The van der Waals surface area contributed by atoms with Crippen molar-refractivity contribution >= 4 is 46.5 Å². The Bertz CT molecular complexity index is 862. The Balaban J connectivity index is 1.63. The molecule has 136 valence electrons. The van der Waals surface area contributed by atoms with E-state index < -0.39 is 0 Å². The van der Waals surface area contributed by atoms with Crippen LogP contribution in [0, 0.1) is 0 Å². The number of carbonyl (C=O) groups excluding carboxylic acids is 2. The highest BCUT2D eigenvalue weighted by molar-refractivity contribution is 8.18. The average molecular weight is 393 g/mol. The summed E-state index contributed by atoms with van der Waals surface area (Å²) in [4.78, 5) is 27.9. The quantitative estimate of drug-likeness (QED) is 0.689. The van der Waals surface area contributed by atoms with Gasteiger partial charge in [0, 0.05) is 26.2 Å². The van der Waals surface area contributed by atoms with E-state index in [9.17, 15) is 9.59 Å². The van der Waals surface area contributed by atoms with Gasteiger partial charge >= 0.3 is 0 Å². The molecule has 6 nitrogen and oxygen atoms in total. The zero-order valence-corrected chi connectivity index (χ0v) is 15.8. The van der Waals surface area contributed by atoms with Crippen molar-refractivity contribution < 1.29 is 18.7 Å². The van der Waals surface area contributed by atoms with Crippen molar-refractivity contribution in [2.45, 2.75) is 0 Å². The van der Waals surface area contributed by atoms with Crippen molar-refractivity contribution in [3.05, 3.63) is 52.1 Å². The molecule has 1 aromatic heterocycles. The summed E-state index contributed by atoms with van der Waals surface area (Å²) in [5.74, 6) is 1.35. The normalized spacial score (nSPS) is 15.8. The minimum Gasteiger partial charge on any atom is -0.490 e. The molecule has 1 aliphatic heterocycles. The van der Waals surface area contributed by atoms with Crippen LogP contribution in [0.25, 0.3) is 6.08 Å². The van der Waals surface area contributed by atoms with Crippen LogP contribution in [0.15, 0.2) is 45.7 Å². The van der Waals surface area contributed by atoms with Crippen LogP contribution in [0.3, 0.4) is 0 Å². The number of benzene rings is 1. The van der Waals surface area contributed by atoms with Crippen molar-refractivity contribution in [3.63, 3.8) is 0 Å². The SMILES string of the molecule is CN(C)c1ccc(/C=C2\SC(=O)N(CCOc3ccccc3Cl)C2=O)o1. The van der Waals surface area contributed by atoms with Gasteiger partial charge in [-0.2, -0.15) is 0 Å². The Labute approximate surface area is 160 Å². The maximum Gasteiger partial charge on any atom is 0.293 e. The smallest absolute Gasteiger partial charge is 0.293 e. The van der Waals surface area contributed by atoms with E-state index in [1.807, 2.05) is 19.0 Å². The summed E-state index contributed by atoms with van der Waals surface area (Å²) in [5.41, 5.74) is 0. The standard InChI is InChI=1S/C18H17ClN2O4S/c1-20(2)16-8-7-12(25-16)11-15-17(22)21(18(23)26-15)9-10-24-14-6-4-3-5-13(14)19/h3-8,11H,9-10H2,1-2H3/b15-11-. The van der Waals surface area contributed by atoms with E-state index in [2.05, 4.69) is 0 Å². The number of imide groups is 1. The summed E-state index contributed by atoms with van der Waals surface area (Å²) >= 11 is 6.90. The Morgan fingerprint density at radius 3 is 2.69 bits per heavy atom. The number of hydrogen-bond donors (Lipinski definition) is 0. The summed E-state index contributed by atoms with van der Waals surface area (Å²) < 4.78 is 11.1. The molecule has 26 heavy (non-hydrogen) atoms. The van der Waals surface area contributed by atoms with Crippen LogP contribution < -0.4 is 9.64 Å². The van der Waals surface area contributed by atoms with Crippen LogP contribution in [0.2, 0.25) is 5.02 Å². The van der Waals surface area contributed by atoms with Gasteiger partial charge in [-0.15, -0.1) is 0 Å². The van der Waals surface area contributed by atoms with Crippen molar-refractivity contribution in [2.75, 3.05) is 32.1 Å². The lowest BCUT2D eigenvalue weighted by Gasteiger charge is -2.13. The number of halogens is 1. The van der Waals surface area contributed by atoms with Crippen LogP contribution in [-0.4, -0.2) is 43.3 Å². The van der Waals surface area contributed by atoms with E-state index in [1.54, 1.807) is 42.5 Å². The number of hydrogen-bond acceptors (Lipinski definition) is 6. The first kappa shape index (κ1) is 18.4. The van der Waals surface area contributed by atoms with Crippen LogP contribution in [0.4, 0.5) is 10.7 Å². The number of para-hydroxylation sites is 1. The second-order valence-corrected chi connectivity index (χ2v) is 7.08. The van der Waals surface area contributed by atoms with Gasteiger partial charge in [-0.25, -0.2) is 0 Å². The Kier molecular flexibility index (Phi) is 5.58. The third-order valence-corrected chi connectivity index (χ3v) is 4.83. The number of rotatable bonds is 6. The fourth-order valence-electron chi connectivity index (χ4n) is 2.29. The Morgan fingerprint density at radius 2 is 2.00 bits per heavy atom. The molecule has 0 N–H and O–H groups in total. The van der Waals surface area contributed by atoms with Crippen LogP contribution in [0.1, 0.15) is 5.76 Å². The molecule has 3 rings (SSSR count). The van der Waals surface area contributed by atoms with E-state index >= 15 is 0 Å². The first-order chi connectivity index (χ1) is 12.5. The zero-order valence-electron chi connectivity index (χ0n) is 14.3. The average Bonchev–Trinajstić information content (AvgIpc) is 3.17. The molecule has 1 aromatic carbocycles. The van der Waals surface area contributed by atoms with E-state index in [0.717, 1.165) is 16.7 Å². The minimum absolute atomic E-state index is 0.147. The van der Waals surface area contributed by atoms with Gasteiger partial charge in [-0.05, 0) is 30.0 Å². The summed E-state index contributed by atoms with van der Waals surface area (Å²) in [6.45, 7) is 0.314. The third-order valence-electron chi connectivity index (χ3n) is 3.61. The van der Waals surface area contributed by atoms with Crippen LogP contribution >= 0.6 is 23.4 Å². The maximum atomic E-state index is 12.5. The van der Waals surface area contributed by atoms with Gasteiger partial charge in [0.05, 0.1) is 16.5 Å². The predicted octanol–water partition coefficient (Wildman–Crippen LogP) is 4.11. The van der Waals surface area contributed by atoms with Gasteiger partial charge in [0.2, 0.25) is 0 Å². The first-order valence-electron chi connectivity index (χ1n) is 7.85. The number of anilines is 1. The highest BCUT2D eigenvalue weighted by atomic mass is 35.5. The van der Waals surface area contributed by atoms with Gasteiger partial charge in [0.1, 0.15) is 18.1 Å². The predicted molar refractivity (Wildman–Crippen MR) is 103 cm³/mol. The monoisotopic (exact) mass is 392 g/mol. The zero-order chi connectivity index (χ0) is 18.7. The van der Waals surface area contributed by atoms with Crippen molar-refractivity contribution in [2.24, 2.45) is 0 Å². The lowest BCUT2D eigenvalue weighted by Crippen LogP contribution is -2.32. The summed E-state index contributed by atoms with van der Waals surface area (Å²) in [6.07, 6.45) is 1.58. The lowest BCUT2D eigenvalue weighted by molar-refractivity contribution is -0.123. The molecule has 1 fully saturated rings. The van der Waals surface area contributed by atoms with Gasteiger partial charge < -0.3 is 14.1 Å². The molecule has 0 saturated carbocycles. The van der Waals surface area contributed by atoms with E-state index in [4.69, 9.17) is 20.8 Å². The second-order valence-electron chi connectivity index (χ2n) is 5.68. The molecule has 0 unspecified atom stereocenters. The highest BCUT2D eigenvalue weighted by Crippen LogP contribution is 2.33. The maximum absolute atomic E-state index is 12.5. The molecule has 2 heterocycles. The molecule has 1 saturated heterocycles. The second kappa shape index (κ2) is 7.88. The van der Waals surface area contributed by atoms with Crippen molar-refractivity contribution in [1.29, 1.82) is 0 Å². The molecule has 0 bridgehead atoms. The molecular weight excluding hydrogens is 376 g/mol. The lowest BCUT2D eigenvalue weighted by atomic mass is 10.3. The van der Waals surface area contributed by atoms with Crippen LogP contribution in [0.5, 0.6) is 5.75 Å². The molecule has 0 atom stereocenters. The fourth-order valence-corrected chi connectivity index (χ4v) is 3.33. The first-order valence-corrected chi connectivity index (χ1v) is 9.05. The molecule has 2 amide bonds. The number of nitrogens with zero attached hydrogens (tertiary/aromatic N) is 2. The van der Waals surface area contributed by atoms with Crippen LogP contribution in [-0.2, 0) is 4.79 Å². The van der Waals surface area contributed by atoms with Crippen molar-refractivity contribution in [3.8, 4) is 5.75 Å². The third kappa shape index (κ3) is 4.05. The Hall–Kier alpha value is -2.38. The molecule has 1 aliphatic rings. The molecule has 0 radical (unpaired) electrons. The van der Waals surface area contributed by atoms with E-state index in [-0.39, 0.29) is 24.3 Å². The number of ether oxygens (including phenoxy) is 1. The van der Waals surface area contributed by atoms with Gasteiger partial charge in [0.25, 0.3) is 11.1 Å². The number of carbonyl (C=O) groups is 2. The largest absolute Gasteiger partial charge is 0.490 e. The van der Waals surface area contributed by atoms with Gasteiger partial charge in [-0.3, -0.25) is 14.5 Å².